The Balaban J connectivity index is 2.74. The Morgan fingerprint density at radius 1 is 1.33 bits per heavy atom. The second-order valence-corrected chi connectivity index (χ2v) is 5.14. The number of urea groups is 1. The Morgan fingerprint density at radius 3 is 2.48 bits per heavy atom. The molecule has 1 aromatic carbocycles. The number of carbonyl (C=O) groups excluding carboxylic acids is 1. The standard InChI is InChI=1S/C15H22N2O4/c1-4-17(11-6-5-7-12(18)8-11)15(21)16-9-13(10(2)3)14(19)20/h5-8,10,13,18H,4,9H2,1-3H3,(H,16,21)(H,19,20). The van der Waals surface area contributed by atoms with Gasteiger partial charge in [-0.3, -0.25) is 9.69 Å². The molecule has 0 aliphatic heterocycles. The van der Waals surface area contributed by atoms with E-state index in [9.17, 15) is 14.7 Å². The molecule has 1 rings (SSSR count). The normalized spacial score (nSPS) is 12.0. The van der Waals surface area contributed by atoms with Gasteiger partial charge in [0.05, 0.1) is 5.92 Å². The largest absolute Gasteiger partial charge is 0.508 e. The lowest BCUT2D eigenvalue weighted by atomic mass is 9.96. The number of anilines is 1. The molecule has 0 aliphatic rings. The van der Waals surface area contributed by atoms with E-state index in [1.54, 1.807) is 32.9 Å². The first-order valence-corrected chi connectivity index (χ1v) is 6.94. The van der Waals surface area contributed by atoms with E-state index in [1.165, 1.54) is 17.0 Å². The molecule has 0 saturated carbocycles. The van der Waals surface area contributed by atoms with E-state index in [0.29, 0.717) is 12.2 Å². The van der Waals surface area contributed by atoms with Crippen molar-refractivity contribution in [1.82, 2.24) is 5.32 Å². The third-order valence-corrected chi connectivity index (χ3v) is 3.30. The number of amides is 2. The Hall–Kier alpha value is -2.24. The smallest absolute Gasteiger partial charge is 0.321 e. The molecule has 21 heavy (non-hydrogen) atoms. The second-order valence-electron chi connectivity index (χ2n) is 5.14. The summed E-state index contributed by atoms with van der Waals surface area (Å²) in [5.74, 6) is -1.55. The SMILES string of the molecule is CCN(C(=O)NCC(C(=O)O)C(C)C)c1cccc(O)c1. The zero-order valence-corrected chi connectivity index (χ0v) is 12.5. The van der Waals surface area contributed by atoms with E-state index in [1.807, 2.05) is 0 Å². The van der Waals surface area contributed by atoms with Crippen LogP contribution in [0.3, 0.4) is 0 Å². The number of phenols is 1. The minimum absolute atomic E-state index is 0.0706. The van der Waals surface area contributed by atoms with Crippen LogP contribution in [0.25, 0.3) is 0 Å². The average Bonchev–Trinajstić information content (AvgIpc) is 2.39. The molecule has 0 spiro atoms. The van der Waals surface area contributed by atoms with E-state index >= 15 is 0 Å². The molecular weight excluding hydrogens is 272 g/mol. The van der Waals surface area contributed by atoms with E-state index in [4.69, 9.17) is 5.11 Å². The van der Waals surface area contributed by atoms with Crippen molar-refractivity contribution in [1.29, 1.82) is 0 Å². The first-order valence-electron chi connectivity index (χ1n) is 6.94. The van der Waals surface area contributed by atoms with Gasteiger partial charge in [-0.05, 0) is 25.0 Å². The van der Waals surface area contributed by atoms with Crippen molar-refractivity contribution in [3.63, 3.8) is 0 Å². The Labute approximate surface area is 124 Å². The highest BCUT2D eigenvalue weighted by atomic mass is 16.4. The van der Waals surface area contributed by atoms with Crippen molar-refractivity contribution in [2.75, 3.05) is 18.0 Å². The summed E-state index contributed by atoms with van der Waals surface area (Å²) in [6, 6.07) is 5.98. The predicted molar refractivity (Wildman–Crippen MR) is 80.5 cm³/mol. The van der Waals surface area contributed by atoms with Gasteiger partial charge in [0.25, 0.3) is 0 Å². The summed E-state index contributed by atoms with van der Waals surface area (Å²) >= 11 is 0. The lowest BCUT2D eigenvalue weighted by Crippen LogP contribution is -2.44. The molecule has 0 radical (unpaired) electrons. The number of carbonyl (C=O) groups is 2. The van der Waals surface area contributed by atoms with Crippen molar-refractivity contribution >= 4 is 17.7 Å². The van der Waals surface area contributed by atoms with Gasteiger partial charge < -0.3 is 15.5 Å². The first kappa shape index (κ1) is 16.8. The minimum Gasteiger partial charge on any atom is -0.508 e. The lowest BCUT2D eigenvalue weighted by Gasteiger charge is -2.23. The number of nitrogens with zero attached hydrogens (tertiary/aromatic N) is 1. The summed E-state index contributed by atoms with van der Waals surface area (Å²) in [5, 5.41) is 21.2. The molecule has 2 amide bonds. The van der Waals surface area contributed by atoms with Crippen molar-refractivity contribution in [3.8, 4) is 5.75 Å². The molecule has 3 N–H and O–H groups in total. The Morgan fingerprint density at radius 2 is 2.00 bits per heavy atom. The van der Waals surface area contributed by atoms with E-state index in [-0.39, 0.29) is 24.2 Å². The van der Waals surface area contributed by atoms with Gasteiger partial charge in [0.2, 0.25) is 0 Å². The van der Waals surface area contributed by atoms with Crippen LogP contribution in [0.15, 0.2) is 24.3 Å². The third-order valence-electron chi connectivity index (χ3n) is 3.30. The van der Waals surface area contributed by atoms with E-state index in [0.717, 1.165) is 0 Å². The molecule has 1 unspecified atom stereocenters. The quantitative estimate of drug-likeness (QED) is 0.751. The molecule has 0 heterocycles. The van der Waals surface area contributed by atoms with E-state index in [2.05, 4.69) is 5.32 Å². The molecule has 1 atom stereocenters. The highest BCUT2D eigenvalue weighted by molar-refractivity contribution is 5.92. The van der Waals surface area contributed by atoms with Gasteiger partial charge in [-0.2, -0.15) is 0 Å². The van der Waals surface area contributed by atoms with Gasteiger partial charge in [-0.15, -0.1) is 0 Å². The molecule has 0 bridgehead atoms. The zero-order valence-electron chi connectivity index (χ0n) is 12.5. The number of hydrogen-bond acceptors (Lipinski definition) is 3. The number of hydrogen-bond donors (Lipinski definition) is 3. The maximum Gasteiger partial charge on any atom is 0.321 e. The molecule has 1 aromatic rings. The van der Waals surface area contributed by atoms with Crippen LogP contribution < -0.4 is 10.2 Å². The zero-order chi connectivity index (χ0) is 16.0. The first-order chi connectivity index (χ1) is 9.86. The minimum atomic E-state index is -0.925. The van der Waals surface area contributed by atoms with Crippen molar-refractivity contribution in [2.45, 2.75) is 20.8 Å². The van der Waals surface area contributed by atoms with Gasteiger partial charge in [0.1, 0.15) is 5.75 Å². The fourth-order valence-electron chi connectivity index (χ4n) is 2.01. The average molecular weight is 294 g/mol. The number of phenolic OH excluding ortho intramolecular Hbond substituents is 1. The summed E-state index contributed by atoms with van der Waals surface area (Å²) in [7, 11) is 0. The van der Waals surface area contributed by atoms with Crippen LogP contribution in [0.1, 0.15) is 20.8 Å². The number of carboxylic acid groups (broad SMARTS) is 1. The summed E-state index contributed by atoms with van der Waals surface area (Å²) in [4.78, 5) is 24.7. The number of rotatable bonds is 6. The summed E-state index contributed by atoms with van der Waals surface area (Å²) in [5.41, 5.74) is 0.562. The van der Waals surface area contributed by atoms with Crippen LogP contribution in [0.5, 0.6) is 5.75 Å². The molecule has 6 nitrogen and oxygen atoms in total. The van der Waals surface area contributed by atoms with Gasteiger partial charge in [0, 0.05) is 24.8 Å². The fraction of sp³-hybridized carbons (Fsp3) is 0.467. The number of carboxylic acids is 1. The van der Waals surface area contributed by atoms with Crippen molar-refractivity contribution in [2.24, 2.45) is 11.8 Å². The third kappa shape index (κ3) is 4.66. The van der Waals surface area contributed by atoms with Crippen LogP contribution in [0, 0.1) is 11.8 Å². The molecule has 0 fully saturated rings. The van der Waals surface area contributed by atoms with Gasteiger partial charge in [-0.1, -0.05) is 19.9 Å². The van der Waals surface area contributed by atoms with Crippen LogP contribution in [0.2, 0.25) is 0 Å². The molecule has 0 aliphatic carbocycles. The maximum atomic E-state index is 12.2. The van der Waals surface area contributed by atoms with Crippen molar-refractivity contribution in [3.05, 3.63) is 24.3 Å². The van der Waals surface area contributed by atoms with Crippen LogP contribution >= 0.6 is 0 Å². The molecule has 116 valence electrons. The molecular formula is C15H22N2O4. The van der Waals surface area contributed by atoms with Gasteiger partial charge >= 0.3 is 12.0 Å². The van der Waals surface area contributed by atoms with Crippen LogP contribution in [0.4, 0.5) is 10.5 Å². The maximum absolute atomic E-state index is 12.2. The predicted octanol–water partition coefficient (Wildman–Crippen LogP) is 2.28. The monoisotopic (exact) mass is 294 g/mol. The Kier molecular flexibility index (Phi) is 6.02. The number of nitrogens with one attached hydrogen (secondary N) is 1. The van der Waals surface area contributed by atoms with Gasteiger partial charge in [-0.25, -0.2) is 4.79 Å². The van der Waals surface area contributed by atoms with Gasteiger partial charge in [0.15, 0.2) is 0 Å². The molecule has 0 aromatic heterocycles. The highest BCUT2D eigenvalue weighted by Crippen LogP contribution is 2.20. The number of benzene rings is 1. The second kappa shape index (κ2) is 7.52. The summed E-state index contributed by atoms with van der Waals surface area (Å²) in [6.45, 7) is 5.89. The number of aliphatic carboxylic acids is 1. The fourth-order valence-corrected chi connectivity index (χ4v) is 2.01. The molecule has 6 heteroatoms. The van der Waals surface area contributed by atoms with Crippen LogP contribution in [-0.4, -0.2) is 35.3 Å². The number of aromatic hydroxyl groups is 1. The topological polar surface area (TPSA) is 89.9 Å². The van der Waals surface area contributed by atoms with Crippen LogP contribution in [-0.2, 0) is 4.79 Å². The Bertz CT molecular complexity index is 502. The lowest BCUT2D eigenvalue weighted by molar-refractivity contribution is -0.142. The molecule has 0 saturated heterocycles. The van der Waals surface area contributed by atoms with Crippen molar-refractivity contribution < 1.29 is 19.8 Å². The highest BCUT2D eigenvalue weighted by Gasteiger charge is 2.23. The summed E-state index contributed by atoms with van der Waals surface area (Å²) in [6.07, 6.45) is 0. The summed E-state index contributed by atoms with van der Waals surface area (Å²) < 4.78 is 0. The van der Waals surface area contributed by atoms with E-state index < -0.39 is 11.9 Å².